The Kier molecular flexibility index (Phi) is 8.16. The molecule has 0 spiro atoms. The molecule has 8 heteroatoms. The first-order valence-corrected chi connectivity index (χ1v) is 13.0. The molecular formula is C24H32Cl2N2O3S. The molecule has 1 unspecified atom stereocenters. The summed E-state index contributed by atoms with van der Waals surface area (Å²) in [5, 5.41) is 4.11. The Balaban J connectivity index is 0.00000289. The van der Waals surface area contributed by atoms with E-state index in [-0.39, 0.29) is 30.4 Å². The second-order valence-electron chi connectivity index (χ2n) is 8.85. The molecule has 0 bridgehead atoms. The molecule has 1 heterocycles. The highest BCUT2D eigenvalue weighted by Gasteiger charge is 2.47. The van der Waals surface area contributed by atoms with Crippen molar-refractivity contribution in [3.8, 4) is 5.75 Å². The van der Waals surface area contributed by atoms with Crippen LogP contribution in [0.5, 0.6) is 5.75 Å². The van der Waals surface area contributed by atoms with Crippen LogP contribution in [0.25, 0.3) is 0 Å². The van der Waals surface area contributed by atoms with Crippen LogP contribution < -0.4 is 14.8 Å². The number of halogens is 2. The molecule has 0 radical (unpaired) electrons. The molecule has 2 aromatic carbocycles. The van der Waals surface area contributed by atoms with Gasteiger partial charge in [0.05, 0.1) is 5.25 Å². The third kappa shape index (κ3) is 5.10. The van der Waals surface area contributed by atoms with E-state index in [9.17, 15) is 8.42 Å². The molecule has 0 saturated heterocycles. The van der Waals surface area contributed by atoms with E-state index in [1.54, 1.807) is 13.8 Å². The van der Waals surface area contributed by atoms with Gasteiger partial charge in [0, 0.05) is 23.0 Å². The maximum absolute atomic E-state index is 11.9. The van der Waals surface area contributed by atoms with E-state index in [4.69, 9.17) is 16.3 Å². The van der Waals surface area contributed by atoms with Gasteiger partial charge < -0.3 is 10.1 Å². The van der Waals surface area contributed by atoms with E-state index in [1.165, 1.54) is 36.0 Å². The minimum atomic E-state index is -3.26. The van der Waals surface area contributed by atoms with Gasteiger partial charge in [0.1, 0.15) is 12.4 Å². The zero-order valence-corrected chi connectivity index (χ0v) is 21.0. The number of nitrogens with one attached hydrogen (secondary N) is 2. The molecule has 2 aliphatic rings. The van der Waals surface area contributed by atoms with Crippen molar-refractivity contribution in [1.29, 1.82) is 0 Å². The lowest BCUT2D eigenvalue weighted by Crippen LogP contribution is -2.49. The lowest BCUT2D eigenvalue weighted by molar-refractivity contribution is 0.164. The van der Waals surface area contributed by atoms with Gasteiger partial charge in [-0.2, -0.15) is 0 Å². The van der Waals surface area contributed by atoms with E-state index in [2.05, 4.69) is 34.3 Å². The molecule has 1 aliphatic carbocycles. The number of fused-ring (bicyclic) bond motifs is 1. The van der Waals surface area contributed by atoms with Crippen LogP contribution in [-0.2, 0) is 21.9 Å². The van der Waals surface area contributed by atoms with E-state index in [0.29, 0.717) is 6.61 Å². The Labute approximate surface area is 202 Å². The van der Waals surface area contributed by atoms with Gasteiger partial charge in [0.15, 0.2) is 0 Å². The van der Waals surface area contributed by atoms with Crippen LogP contribution in [0.15, 0.2) is 42.5 Å². The maximum Gasteiger partial charge on any atom is 0.214 e. The summed E-state index contributed by atoms with van der Waals surface area (Å²) in [6, 6.07) is 14.9. The van der Waals surface area contributed by atoms with Gasteiger partial charge in [0.2, 0.25) is 10.0 Å². The summed E-state index contributed by atoms with van der Waals surface area (Å²) in [5.74, 6) is 0.789. The summed E-state index contributed by atoms with van der Waals surface area (Å²) >= 11 is 6.13. The fourth-order valence-corrected chi connectivity index (χ4v) is 5.55. The smallest absolute Gasteiger partial charge is 0.214 e. The number of hydrogen-bond acceptors (Lipinski definition) is 4. The lowest BCUT2D eigenvalue weighted by atomic mass is 9.58. The average Bonchev–Trinajstić information content (AvgIpc) is 2.71. The van der Waals surface area contributed by atoms with Crippen LogP contribution in [0.4, 0.5) is 0 Å². The largest absolute Gasteiger partial charge is 0.492 e. The monoisotopic (exact) mass is 498 g/mol. The van der Waals surface area contributed by atoms with Crippen molar-refractivity contribution in [2.24, 2.45) is 0 Å². The summed E-state index contributed by atoms with van der Waals surface area (Å²) in [6.07, 6.45) is 4.53. The SMILES string of the molecule is CC(C)S(=O)(=O)NCCOc1ccc2c(c1)CCNC2C1(c2ccc(Cl)cc2)CCC1.Cl. The number of ether oxygens (including phenoxy) is 1. The molecule has 5 nitrogen and oxygen atoms in total. The molecule has 4 rings (SSSR count). The molecule has 1 saturated carbocycles. The number of benzene rings is 2. The molecule has 32 heavy (non-hydrogen) atoms. The quantitative estimate of drug-likeness (QED) is 0.514. The third-order valence-electron chi connectivity index (χ3n) is 6.68. The minimum absolute atomic E-state index is 0. The molecule has 0 amide bonds. The van der Waals surface area contributed by atoms with Crippen LogP contribution in [0.3, 0.4) is 0 Å². The van der Waals surface area contributed by atoms with Gasteiger partial charge in [-0.1, -0.05) is 36.2 Å². The molecule has 1 aliphatic heterocycles. The zero-order valence-electron chi connectivity index (χ0n) is 18.6. The molecule has 176 valence electrons. The normalized spacial score (nSPS) is 19.6. The average molecular weight is 500 g/mol. The first kappa shape index (κ1) is 25.3. The highest BCUT2D eigenvalue weighted by molar-refractivity contribution is 7.90. The predicted molar refractivity (Wildman–Crippen MR) is 133 cm³/mol. The Morgan fingerprint density at radius 3 is 2.53 bits per heavy atom. The van der Waals surface area contributed by atoms with Crippen molar-refractivity contribution in [2.45, 2.75) is 56.2 Å². The summed E-state index contributed by atoms with van der Waals surface area (Å²) < 4.78 is 32.1. The summed E-state index contributed by atoms with van der Waals surface area (Å²) in [5.41, 5.74) is 4.11. The second-order valence-corrected chi connectivity index (χ2v) is 11.6. The van der Waals surface area contributed by atoms with Crippen LogP contribution >= 0.6 is 24.0 Å². The fourth-order valence-electron chi connectivity index (χ4n) is 4.73. The van der Waals surface area contributed by atoms with Crippen LogP contribution in [0.2, 0.25) is 5.02 Å². The standard InChI is InChI=1S/C24H31ClN2O3S.ClH/c1-17(2)31(28,29)27-14-15-30-21-8-9-22-18(16-21)10-13-26-23(22)24(11-3-12-24)19-4-6-20(25)7-5-19;/h4-9,16-17,23,26-27H,3,10-15H2,1-2H3;1H. The zero-order chi connectivity index (χ0) is 22.1. The molecule has 1 fully saturated rings. The Morgan fingerprint density at radius 2 is 1.91 bits per heavy atom. The number of hydrogen-bond donors (Lipinski definition) is 2. The van der Waals surface area contributed by atoms with Crippen LogP contribution in [0.1, 0.15) is 55.8 Å². The summed E-state index contributed by atoms with van der Waals surface area (Å²) in [7, 11) is -3.26. The first-order chi connectivity index (χ1) is 14.8. The maximum atomic E-state index is 11.9. The van der Waals surface area contributed by atoms with Crippen LogP contribution in [0, 0.1) is 0 Å². The van der Waals surface area contributed by atoms with Gasteiger partial charge in [0.25, 0.3) is 0 Å². The topological polar surface area (TPSA) is 67.4 Å². The summed E-state index contributed by atoms with van der Waals surface area (Å²) in [4.78, 5) is 0. The fraction of sp³-hybridized carbons (Fsp3) is 0.500. The van der Waals surface area contributed by atoms with Crippen molar-refractivity contribution >= 4 is 34.0 Å². The van der Waals surface area contributed by atoms with Crippen molar-refractivity contribution in [1.82, 2.24) is 10.0 Å². The molecule has 2 aromatic rings. The molecule has 1 atom stereocenters. The number of rotatable bonds is 8. The first-order valence-electron chi connectivity index (χ1n) is 11.1. The van der Waals surface area contributed by atoms with E-state index in [1.807, 2.05) is 18.2 Å². The second kappa shape index (κ2) is 10.3. The van der Waals surface area contributed by atoms with Crippen molar-refractivity contribution in [2.75, 3.05) is 19.7 Å². The van der Waals surface area contributed by atoms with Gasteiger partial charge in [-0.15, -0.1) is 12.4 Å². The Hall–Kier alpha value is -1.31. The van der Waals surface area contributed by atoms with Crippen molar-refractivity contribution in [3.63, 3.8) is 0 Å². The highest BCUT2D eigenvalue weighted by Crippen LogP contribution is 2.53. The van der Waals surface area contributed by atoms with E-state index in [0.717, 1.165) is 23.7 Å². The molecular weight excluding hydrogens is 467 g/mol. The Bertz CT molecular complexity index is 1020. The minimum Gasteiger partial charge on any atom is -0.492 e. The van der Waals surface area contributed by atoms with Gasteiger partial charge in [-0.25, -0.2) is 13.1 Å². The highest BCUT2D eigenvalue weighted by atomic mass is 35.5. The van der Waals surface area contributed by atoms with Gasteiger partial charge >= 0.3 is 0 Å². The molecule has 0 aromatic heterocycles. The van der Waals surface area contributed by atoms with Gasteiger partial charge in [-0.05, 0) is 80.6 Å². The summed E-state index contributed by atoms with van der Waals surface area (Å²) in [6.45, 7) is 4.83. The van der Waals surface area contributed by atoms with Crippen molar-refractivity contribution < 1.29 is 13.2 Å². The Morgan fingerprint density at radius 1 is 1.19 bits per heavy atom. The number of sulfonamides is 1. The van der Waals surface area contributed by atoms with E-state index < -0.39 is 15.3 Å². The van der Waals surface area contributed by atoms with Gasteiger partial charge in [-0.3, -0.25) is 0 Å². The van der Waals surface area contributed by atoms with E-state index >= 15 is 0 Å². The molecule has 2 N–H and O–H groups in total. The van der Waals surface area contributed by atoms with Crippen LogP contribution in [-0.4, -0.2) is 33.4 Å². The third-order valence-corrected chi connectivity index (χ3v) is 8.78. The lowest BCUT2D eigenvalue weighted by Gasteiger charge is -2.50. The predicted octanol–water partition coefficient (Wildman–Crippen LogP) is 4.78. The van der Waals surface area contributed by atoms with Crippen molar-refractivity contribution in [3.05, 3.63) is 64.2 Å².